The smallest absolute Gasteiger partial charge is 0.242 e. The fraction of sp³-hybridized carbons (Fsp3) is 0.118. The first-order valence-electron chi connectivity index (χ1n) is 7.28. The summed E-state index contributed by atoms with van der Waals surface area (Å²) in [6.45, 7) is 0.364. The van der Waals surface area contributed by atoms with Gasteiger partial charge in [0.1, 0.15) is 22.4 Å². The zero-order valence-electron chi connectivity index (χ0n) is 12.6. The maximum atomic E-state index is 12.1. The third-order valence-corrected chi connectivity index (χ3v) is 5.08. The molecule has 0 aliphatic heterocycles. The number of rotatable bonds is 6. The van der Waals surface area contributed by atoms with Crippen LogP contribution in [0.4, 0.5) is 0 Å². The first-order chi connectivity index (χ1) is 11.6. The van der Waals surface area contributed by atoms with Crippen molar-refractivity contribution in [1.29, 1.82) is 0 Å². The normalized spacial score (nSPS) is 11.5. The maximum Gasteiger partial charge on any atom is 0.242 e. The number of sulfonamides is 1. The number of hydrogen-bond donors (Lipinski definition) is 1. The molecule has 1 heterocycles. The fourth-order valence-corrected chi connectivity index (χ4v) is 3.33. The predicted molar refractivity (Wildman–Crippen MR) is 93.9 cm³/mol. The van der Waals surface area contributed by atoms with E-state index in [1.807, 2.05) is 42.5 Å². The van der Waals surface area contributed by atoms with E-state index in [1.54, 1.807) is 0 Å². The highest BCUT2D eigenvalue weighted by molar-refractivity contribution is 7.89. The van der Waals surface area contributed by atoms with E-state index in [9.17, 15) is 8.42 Å². The van der Waals surface area contributed by atoms with Crippen molar-refractivity contribution in [3.8, 4) is 5.75 Å². The second-order valence-electron chi connectivity index (χ2n) is 5.04. The molecule has 0 fully saturated rings. The summed E-state index contributed by atoms with van der Waals surface area (Å²) in [5, 5.41) is 2.31. The average Bonchev–Trinajstić information content (AvgIpc) is 2.59. The molecule has 3 aromatic rings. The molecule has 0 spiro atoms. The zero-order valence-corrected chi connectivity index (χ0v) is 14.2. The average molecular weight is 363 g/mol. The number of benzene rings is 2. The molecule has 0 radical (unpaired) electrons. The van der Waals surface area contributed by atoms with Gasteiger partial charge in [-0.25, -0.2) is 18.1 Å². The minimum Gasteiger partial charge on any atom is -0.492 e. The van der Waals surface area contributed by atoms with Gasteiger partial charge < -0.3 is 4.74 Å². The van der Waals surface area contributed by atoms with Crippen molar-refractivity contribution in [3.63, 3.8) is 0 Å². The van der Waals surface area contributed by atoms with Crippen LogP contribution in [0, 0.1) is 0 Å². The molecule has 0 unspecified atom stereocenters. The molecule has 5 nitrogen and oxygen atoms in total. The third kappa shape index (κ3) is 3.84. The van der Waals surface area contributed by atoms with E-state index < -0.39 is 10.0 Å². The Bertz CT molecular complexity index is 938. The Morgan fingerprint density at radius 1 is 1.04 bits per heavy atom. The summed E-state index contributed by atoms with van der Waals surface area (Å²) in [4.78, 5) is 3.84. The lowest BCUT2D eigenvalue weighted by Crippen LogP contribution is -2.28. The summed E-state index contributed by atoms with van der Waals surface area (Å²) in [5.74, 6) is 0.723. The van der Waals surface area contributed by atoms with Crippen molar-refractivity contribution < 1.29 is 13.2 Å². The molecule has 2 aromatic carbocycles. The second-order valence-corrected chi connectivity index (χ2v) is 7.19. The topological polar surface area (TPSA) is 68.3 Å². The lowest BCUT2D eigenvalue weighted by atomic mass is 10.1. The van der Waals surface area contributed by atoms with Gasteiger partial charge in [0, 0.05) is 18.1 Å². The van der Waals surface area contributed by atoms with Crippen molar-refractivity contribution >= 4 is 32.4 Å². The molecule has 1 N–H and O–H groups in total. The van der Waals surface area contributed by atoms with Crippen molar-refractivity contribution in [2.45, 2.75) is 4.90 Å². The van der Waals surface area contributed by atoms with Crippen LogP contribution in [0.5, 0.6) is 5.75 Å². The van der Waals surface area contributed by atoms with Crippen LogP contribution in [0.2, 0.25) is 5.15 Å². The number of pyridine rings is 1. The van der Waals surface area contributed by atoms with Gasteiger partial charge in [0.05, 0.1) is 0 Å². The van der Waals surface area contributed by atoms with Crippen LogP contribution in [0.1, 0.15) is 0 Å². The van der Waals surface area contributed by atoms with E-state index in [4.69, 9.17) is 16.3 Å². The molecular formula is C17H15ClN2O3S. The summed E-state index contributed by atoms with van der Waals surface area (Å²) < 4.78 is 32.4. The Labute approximate surface area is 145 Å². The van der Waals surface area contributed by atoms with Gasteiger partial charge in [0.2, 0.25) is 10.0 Å². The van der Waals surface area contributed by atoms with Crippen molar-refractivity contribution in [1.82, 2.24) is 9.71 Å². The molecular weight excluding hydrogens is 348 g/mol. The van der Waals surface area contributed by atoms with Crippen LogP contribution in [0.3, 0.4) is 0 Å². The molecule has 0 aliphatic rings. The van der Waals surface area contributed by atoms with Crippen LogP contribution >= 0.6 is 11.6 Å². The first-order valence-corrected chi connectivity index (χ1v) is 9.14. The van der Waals surface area contributed by atoms with Gasteiger partial charge in [-0.3, -0.25) is 0 Å². The number of aromatic nitrogens is 1. The summed E-state index contributed by atoms with van der Waals surface area (Å²) in [6, 6.07) is 16.5. The number of nitrogens with zero attached hydrogens (tertiary/aromatic N) is 1. The van der Waals surface area contributed by atoms with E-state index >= 15 is 0 Å². The molecule has 0 amide bonds. The highest BCUT2D eigenvalue weighted by atomic mass is 35.5. The highest BCUT2D eigenvalue weighted by Crippen LogP contribution is 2.24. The minimum absolute atomic E-state index is 0.0667. The van der Waals surface area contributed by atoms with Crippen LogP contribution in [0.25, 0.3) is 10.8 Å². The summed E-state index contributed by atoms with van der Waals surface area (Å²) in [7, 11) is -3.63. The Hall–Kier alpha value is -2.15. The largest absolute Gasteiger partial charge is 0.492 e. The Morgan fingerprint density at radius 2 is 1.83 bits per heavy atom. The Kier molecular flexibility index (Phi) is 4.99. The third-order valence-electron chi connectivity index (χ3n) is 3.41. The Morgan fingerprint density at radius 3 is 2.62 bits per heavy atom. The second kappa shape index (κ2) is 7.17. The molecule has 24 heavy (non-hydrogen) atoms. The van der Waals surface area contributed by atoms with Crippen LogP contribution < -0.4 is 9.46 Å². The van der Waals surface area contributed by atoms with Gasteiger partial charge in [0.25, 0.3) is 0 Å². The molecule has 0 saturated heterocycles. The molecule has 0 bridgehead atoms. The monoisotopic (exact) mass is 362 g/mol. The van der Waals surface area contributed by atoms with Crippen molar-refractivity contribution in [2.24, 2.45) is 0 Å². The fourth-order valence-electron chi connectivity index (χ4n) is 2.26. The van der Waals surface area contributed by atoms with Crippen LogP contribution in [-0.4, -0.2) is 26.6 Å². The summed E-state index contributed by atoms with van der Waals surface area (Å²) in [6.07, 6.45) is 1.22. The maximum absolute atomic E-state index is 12.1. The van der Waals surface area contributed by atoms with Gasteiger partial charge in [-0.1, -0.05) is 48.0 Å². The van der Waals surface area contributed by atoms with Crippen LogP contribution in [0.15, 0.2) is 65.7 Å². The molecule has 124 valence electrons. The number of fused-ring (bicyclic) bond motifs is 1. The van der Waals surface area contributed by atoms with Gasteiger partial charge in [0.15, 0.2) is 0 Å². The quantitative estimate of drug-likeness (QED) is 0.540. The molecule has 1 aromatic heterocycles. The lowest BCUT2D eigenvalue weighted by Gasteiger charge is -2.10. The minimum atomic E-state index is -3.63. The van der Waals surface area contributed by atoms with Gasteiger partial charge in [-0.05, 0) is 23.6 Å². The lowest BCUT2D eigenvalue weighted by molar-refractivity contribution is 0.326. The molecule has 0 saturated carbocycles. The number of hydrogen-bond acceptors (Lipinski definition) is 4. The molecule has 0 atom stereocenters. The predicted octanol–water partition coefficient (Wildman–Crippen LogP) is 3.25. The standard InChI is InChI=1S/C17H15ClN2O3S/c18-17-9-8-14(12-19-17)24(21,22)20-10-11-23-16-7-3-5-13-4-1-2-6-15(13)16/h1-9,12,20H,10-11H2. The van der Waals surface area contributed by atoms with Gasteiger partial charge in [-0.15, -0.1) is 0 Å². The SMILES string of the molecule is O=S(=O)(NCCOc1cccc2ccccc12)c1ccc(Cl)nc1. The summed E-state index contributed by atoms with van der Waals surface area (Å²) in [5.41, 5.74) is 0. The van der Waals surface area contributed by atoms with Gasteiger partial charge in [-0.2, -0.15) is 0 Å². The van der Waals surface area contributed by atoms with E-state index in [1.165, 1.54) is 18.3 Å². The van der Waals surface area contributed by atoms with E-state index in [0.29, 0.717) is 0 Å². The molecule has 3 rings (SSSR count). The van der Waals surface area contributed by atoms with E-state index in [0.717, 1.165) is 16.5 Å². The number of ether oxygens (including phenoxy) is 1. The van der Waals surface area contributed by atoms with E-state index in [2.05, 4.69) is 9.71 Å². The van der Waals surface area contributed by atoms with Gasteiger partial charge >= 0.3 is 0 Å². The van der Waals surface area contributed by atoms with Crippen molar-refractivity contribution in [3.05, 3.63) is 65.9 Å². The molecule has 7 heteroatoms. The highest BCUT2D eigenvalue weighted by Gasteiger charge is 2.13. The first kappa shape index (κ1) is 16.7. The summed E-state index contributed by atoms with van der Waals surface area (Å²) >= 11 is 5.66. The van der Waals surface area contributed by atoms with Crippen molar-refractivity contribution in [2.75, 3.05) is 13.2 Å². The molecule has 0 aliphatic carbocycles. The Balaban J connectivity index is 1.61. The zero-order chi connectivity index (χ0) is 17.0. The number of halogens is 1. The number of nitrogens with one attached hydrogen (secondary N) is 1. The van der Waals surface area contributed by atoms with E-state index in [-0.39, 0.29) is 23.2 Å². The van der Waals surface area contributed by atoms with Crippen LogP contribution in [-0.2, 0) is 10.0 Å².